The lowest BCUT2D eigenvalue weighted by molar-refractivity contribution is 0.223. The van der Waals surface area contributed by atoms with E-state index in [4.69, 9.17) is 20.4 Å². The normalized spacial score (nSPS) is 14.1. The van der Waals surface area contributed by atoms with E-state index in [9.17, 15) is 4.79 Å². The molecule has 29 heavy (non-hydrogen) atoms. The van der Waals surface area contributed by atoms with Gasteiger partial charge in [0.2, 0.25) is 0 Å². The van der Waals surface area contributed by atoms with Crippen molar-refractivity contribution in [2.45, 2.75) is 19.5 Å². The highest BCUT2D eigenvalue weighted by Crippen LogP contribution is 2.26. The molecule has 4 heterocycles. The molecular weight excluding hydrogens is 390 g/mol. The van der Waals surface area contributed by atoms with Gasteiger partial charge in [0.15, 0.2) is 11.6 Å². The van der Waals surface area contributed by atoms with Gasteiger partial charge in [0.05, 0.1) is 24.1 Å². The number of H-pyrrole nitrogens is 1. The summed E-state index contributed by atoms with van der Waals surface area (Å²) in [5.74, 6) is 2.70. The zero-order valence-corrected chi connectivity index (χ0v) is 16.3. The van der Waals surface area contributed by atoms with Crippen molar-refractivity contribution in [3.63, 3.8) is 0 Å². The summed E-state index contributed by atoms with van der Waals surface area (Å²) in [7, 11) is 0. The highest BCUT2D eigenvalue weighted by Gasteiger charge is 2.23. The smallest absolute Gasteiger partial charge is 0.256 e. The fourth-order valence-electron chi connectivity index (χ4n) is 3.60. The molecule has 4 aromatic rings. The number of benzene rings is 1. The molecule has 0 bridgehead atoms. The molecule has 3 aromatic heterocycles. The standard InChI is InChI=1S/C22H18ClN3O3/c23-15-5-3-14(4-6-15)19-8-7-16(29-19)12-26-10-9-18-17(13-26)22(27)25-21(24-18)20-2-1-11-28-20/h1-8,11H,9-10,12-13H2,(H,24,25,27). The molecule has 0 atom stereocenters. The lowest BCUT2D eigenvalue weighted by atomic mass is 10.1. The summed E-state index contributed by atoms with van der Waals surface area (Å²) in [6.45, 7) is 1.97. The second-order valence-electron chi connectivity index (χ2n) is 7.05. The molecule has 1 aliphatic rings. The second-order valence-corrected chi connectivity index (χ2v) is 7.49. The summed E-state index contributed by atoms with van der Waals surface area (Å²) in [5.41, 5.74) is 2.40. The predicted octanol–water partition coefficient (Wildman–Crippen LogP) is 4.50. The topological polar surface area (TPSA) is 75.3 Å². The van der Waals surface area contributed by atoms with E-state index in [-0.39, 0.29) is 5.56 Å². The van der Waals surface area contributed by atoms with Crippen LogP contribution in [0.5, 0.6) is 0 Å². The fourth-order valence-corrected chi connectivity index (χ4v) is 3.72. The highest BCUT2D eigenvalue weighted by molar-refractivity contribution is 6.30. The van der Waals surface area contributed by atoms with Gasteiger partial charge in [-0.15, -0.1) is 0 Å². The van der Waals surface area contributed by atoms with Crippen LogP contribution in [0.25, 0.3) is 22.9 Å². The van der Waals surface area contributed by atoms with E-state index in [1.54, 1.807) is 18.4 Å². The molecule has 0 aliphatic carbocycles. The van der Waals surface area contributed by atoms with E-state index in [1.807, 2.05) is 36.4 Å². The monoisotopic (exact) mass is 407 g/mol. The number of aromatic amines is 1. The summed E-state index contributed by atoms with van der Waals surface area (Å²) in [6, 6.07) is 15.1. The van der Waals surface area contributed by atoms with Crippen LogP contribution in [0.1, 0.15) is 17.0 Å². The van der Waals surface area contributed by atoms with Crippen molar-refractivity contribution < 1.29 is 8.83 Å². The molecule has 1 N–H and O–H groups in total. The van der Waals surface area contributed by atoms with Crippen LogP contribution in [-0.2, 0) is 19.5 Å². The molecule has 146 valence electrons. The zero-order chi connectivity index (χ0) is 19.8. The van der Waals surface area contributed by atoms with E-state index in [2.05, 4.69) is 14.9 Å². The number of rotatable bonds is 4. The van der Waals surface area contributed by atoms with Gasteiger partial charge >= 0.3 is 0 Å². The van der Waals surface area contributed by atoms with Crippen LogP contribution in [0.2, 0.25) is 5.02 Å². The van der Waals surface area contributed by atoms with Gasteiger partial charge in [-0.2, -0.15) is 0 Å². The third-order valence-electron chi connectivity index (χ3n) is 5.07. The van der Waals surface area contributed by atoms with Gasteiger partial charge in [0, 0.05) is 30.1 Å². The van der Waals surface area contributed by atoms with Gasteiger partial charge in [-0.3, -0.25) is 9.69 Å². The van der Waals surface area contributed by atoms with Crippen molar-refractivity contribution in [2.24, 2.45) is 0 Å². The largest absolute Gasteiger partial charge is 0.461 e. The Morgan fingerprint density at radius 2 is 1.97 bits per heavy atom. The molecule has 1 aromatic carbocycles. The maximum atomic E-state index is 12.6. The van der Waals surface area contributed by atoms with Crippen molar-refractivity contribution in [2.75, 3.05) is 6.54 Å². The Labute approximate surface area is 171 Å². The molecule has 0 saturated heterocycles. The van der Waals surface area contributed by atoms with Gasteiger partial charge in [-0.05, 0) is 48.5 Å². The Hall–Kier alpha value is -3.09. The number of nitrogens with one attached hydrogen (secondary N) is 1. The van der Waals surface area contributed by atoms with E-state index in [1.165, 1.54) is 0 Å². The lowest BCUT2D eigenvalue weighted by Crippen LogP contribution is -2.35. The molecule has 6 nitrogen and oxygen atoms in total. The summed E-state index contributed by atoms with van der Waals surface area (Å²) in [6.07, 6.45) is 2.27. The van der Waals surface area contributed by atoms with Crippen LogP contribution < -0.4 is 5.56 Å². The number of hydrogen-bond donors (Lipinski definition) is 1. The number of aromatic nitrogens is 2. The first-order chi connectivity index (χ1) is 14.2. The molecule has 0 unspecified atom stereocenters. The van der Waals surface area contributed by atoms with Crippen LogP contribution in [0.4, 0.5) is 0 Å². The molecule has 0 radical (unpaired) electrons. The number of halogens is 1. The third kappa shape index (κ3) is 3.64. The average Bonchev–Trinajstić information content (AvgIpc) is 3.41. The Morgan fingerprint density at radius 1 is 1.10 bits per heavy atom. The van der Waals surface area contributed by atoms with Gasteiger partial charge < -0.3 is 13.8 Å². The number of furan rings is 2. The fraction of sp³-hybridized carbons (Fsp3) is 0.182. The summed E-state index contributed by atoms with van der Waals surface area (Å²) < 4.78 is 11.3. The van der Waals surface area contributed by atoms with Crippen LogP contribution in [0, 0.1) is 0 Å². The minimum atomic E-state index is -0.118. The van der Waals surface area contributed by atoms with E-state index in [0.717, 1.165) is 29.3 Å². The Morgan fingerprint density at radius 3 is 2.76 bits per heavy atom. The molecule has 5 rings (SSSR count). The Kier molecular flexibility index (Phi) is 4.58. The van der Waals surface area contributed by atoms with Crippen LogP contribution >= 0.6 is 11.6 Å². The van der Waals surface area contributed by atoms with Crippen molar-refractivity contribution >= 4 is 11.6 Å². The zero-order valence-electron chi connectivity index (χ0n) is 15.5. The van der Waals surface area contributed by atoms with Crippen LogP contribution in [-0.4, -0.2) is 21.4 Å². The number of fused-ring (bicyclic) bond motifs is 1. The van der Waals surface area contributed by atoms with E-state index < -0.39 is 0 Å². The lowest BCUT2D eigenvalue weighted by Gasteiger charge is -2.26. The van der Waals surface area contributed by atoms with Gasteiger partial charge in [-0.25, -0.2) is 4.98 Å². The first kappa shape index (κ1) is 18.0. The predicted molar refractivity (Wildman–Crippen MR) is 110 cm³/mol. The molecule has 1 aliphatic heterocycles. The first-order valence-electron chi connectivity index (χ1n) is 9.39. The maximum Gasteiger partial charge on any atom is 0.256 e. The van der Waals surface area contributed by atoms with Crippen LogP contribution in [0.3, 0.4) is 0 Å². The molecule has 7 heteroatoms. The average molecular weight is 408 g/mol. The van der Waals surface area contributed by atoms with Gasteiger partial charge in [0.1, 0.15) is 11.5 Å². The molecule has 0 amide bonds. The molecular formula is C22H18ClN3O3. The Balaban J connectivity index is 1.33. The summed E-state index contributed by atoms with van der Waals surface area (Å²) in [5, 5.41) is 0.696. The Bertz CT molecular complexity index is 1190. The second kappa shape index (κ2) is 7.39. The summed E-state index contributed by atoms with van der Waals surface area (Å²) >= 11 is 5.95. The van der Waals surface area contributed by atoms with E-state index >= 15 is 0 Å². The highest BCUT2D eigenvalue weighted by atomic mass is 35.5. The molecule has 0 spiro atoms. The molecule has 0 saturated carbocycles. The molecule has 0 fully saturated rings. The van der Waals surface area contributed by atoms with Crippen molar-refractivity contribution in [3.05, 3.63) is 87.2 Å². The minimum Gasteiger partial charge on any atom is -0.461 e. The van der Waals surface area contributed by atoms with Crippen LogP contribution in [0.15, 0.2) is 68.4 Å². The van der Waals surface area contributed by atoms with Gasteiger partial charge in [0.25, 0.3) is 5.56 Å². The first-order valence-corrected chi connectivity index (χ1v) is 9.76. The quantitative estimate of drug-likeness (QED) is 0.539. The third-order valence-corrected chi connectivity index (χ3v) is 5.32. The van der Waals surface area contributed by atoms with Crippen molar-refractivity contribution in [3.8, 4) is 22.9 Å². The maximum absolute atomic E-state index is 12.6. The van der Waals surface area contributed by atoms with Crippen molar-refractivity contribution in [1.82, 2.24) is 14.9 Å². The number of nitrogens with zero attached hydrogens (tertiary/aromatic N) is 2. The van der Waals surface area contributed by atoms with Crippen molar-refractivity contribution in [1.29, 1.82) is 0 Å². The van der Waals surface area contributed by atoms with Gasteiger partial charge in [-0.1, -0.05) is 11.6 Å². The number of hydrogen-bond acceptors (Lipinski definition) is 5. The van der Waals surface area contributed by atoms with E-state index in [0.29, 0.717) is 41.7 Å². The SMILES string of the molecule is O=c1[nH]c(-c2ccco2)nc2c1CN(Cc1ccc(-c3ccc(Cl)cc3)o1)CC2. The minimum absolute atomic E-state index is 0.118. The summed E-state index contributed by atoms with van der Waals surface area (Å²) in [4.78, 5) is 22.2.